The maximum atomic E-state index is 17.4. The van der Waals surface area contributed by atoms with Gasteiger partial charge in [0.15, 0.2) is 17.4 Å². The highest BCUT2D eigenvalue weighted by Gasteiger charge is 2.49. The summed E-state index contributed by atoms with van der Waals surface area (Å²) in [6, 6.07) is 8.72. The van der Waals surface area contributed by atoms with Gasteiger partial charge in [-0.25, -0.2) is 13.2 Å². The molecule has 5 aliphatic heterocycles. The van der Waals surface area contributed by atoms with Crippen LogP contribution in [0.15, 0.2) is 30.3 Å². The minimum atomic E-state index is -0.923. The van der Waals surface area contributed by atoms with E-state index in [0.717, 1.165) is 50.9 Å². The van der Waals surface area contributed by atoms with Crippen molar-refractivity contribution in [1.29, 1.82) is 0 Å². The number of hydrogen-bond donors (Lipinski definition) is 2. The molecule has 49 heavy (non-hydrogen) atoms. The number of phenols is 1. The van der Waals surface area contributed by atoms with Gasteiger partial charge in [-0.2, -0.15) is 9.97 Å². The lowest BCUT2D eigenvalue weighted by atomic mass is 9.90. The fourth-order valence-corrected chi connectivity index (χ4v) is 9.70. The first-order valence-corrected chi connectivity index (χ1v) is 17.9. The lowest BCUT2D eigenvalue weighted by Gasteiger charge is -2.40. The number of anilines is 1. The number of rotatable bonds is 5. The summed E-state index contributed by atoms with van der Waals surface area (Å²) in [5.41, 5.74) is 0.307. The molecule has 0 amide bonds. The third-order valence-electron chi connectivity index (χ3n) is 12.0. The van der Waals surface area contributed by atoms with E-state index < -0.39 is 23.3 Å². The number of halogens is 3. The molecular weight excluding hydrogens is 631 g/mol. The number of phenolic OH excluding ortho intramolecular Hbond substituents is 1. The van der Waals surface area contributed by atoms with Gasteiger partial charge in [-0.3, -0.25) is 4.90 Å². The average Bonchev–Trinajstić information content (AvgIpc) is 3.42. The fraction of sp³-hybridized carbons (Fsp3) is 0.526. The molecule has 258 valence electrons. The van der Waals surface area contributed by atoms with Crippen molar-refractivity contribution in [2.75, 3.05) is 50.8 Å². The molecule has 0 saturated carbocycles. The van der Waals surface area contributed by atoms with Crippen molar-refractivity contribution < 1.29 is 27.8 Å². The van der Waals surface area contributed by atoms with Crippen LogP contribution in [-0.4, -0.2) is 83.7 Å². The van der Waals surface area contributed by atoms with Crippen LogP contribution in [0.5, 0.6) is 17.5 Å². The molecule has 4 saturated heterocycles. The summed E-state index contributed by atoms with van der Waals surface area (Å²) < 4.78 is 61.8. The van der Waals surface area contributed by atoms with Crippen molar-refractivity contribution in [2.24, 2.45) is 11.8 Å². The first-order chi connectivity index (χ1) is 23.8. The van der Waals surface area contributed by atoms with E-state index in [1.807, 2.05) is 25.1 Å². The Hall–Kier alpha value is -3.83. The largest absolute Gasteiger partial charge is 0.508 e. The molecule has 6 heterocycles. The second-order valence-electron chi connectivity index (χ2n) is 14.8. The number of alkyl halides is 1. The highest BCUT2D eigenvalue weighted by Crippen LogP contribution is 2.49. The van der Waals surface area contributed by atoms with Gasteiger partial charge in [-0.15, -0.1) is 0 Å². The summed E-state index contributed by atoms with van der Waals surface area (Å²) in [6.45, 7) is 6.04. The predicted molar refractivity (Wildman–Crippen MR) is 182 cm³/mol. The van der Waals surface area contributed by atoms with Crippen LogP contribution in [0, 0.1) is 23.5 Å². The van der Waals surface area contributed by atoms with Crippen LogP contribution >= 0.6 is 0 Å². The van der Waals surface area contributed by atoms with E-state index in [2.05, 4.69) is 20.1 Å². The van der Waals surface area contributed by atoms with E-state index in [9.17, 15) is 9.50 Å². The Morgan fingerprint density at radius 3 is 2.86 bits per heavy atom. The van der Waals surface area contributed by atoms with Gasteiger partial charge >= 0.3 is 6.01 Å². The summed E-state index contributed by atoms with van der Waals surface area (Å²) in [5, 5.41) is 15.9. The predicted octanol–water partition coefficient (Wildman–Crippen LogP) is 6.54. The van der Waals surface area contributed by atoms with E-state index in [4.69, 9.17) is 14.5 Å². The summed E-state index contributed by atoms with van der Waals surface area (Å²) >= 11 is 0. The zero-order valence-corrected chi connectivity index (χ0v) is 27.8. The maximum Gasteiger partial charge on any atom is 0.319 e. The topological polar surface area (TPSA) is 83.0 Å². The third-order valence-corrected chi connectivity index (χ3v) is 12.0. The monoisotopic (exact) mass is 673 g/mol. The van der Waals surface area contributed by atoms with Crippen molar-refractivity contribution >= 4 is 27.5 Å². The lowest BCUT2D eigenvalue weighted by molar-refractivity contribution is 0.107. The Balaban J connectivity index is 1.27. The minimum absolute atomic E-state index is 0.00434. The highest BCUT2D eigenvalue weighted by molar-refractivity contribution is 6.05. The Bertz CT molecular complexity index is 1960. The Kier molecular flexibility index (Phi) is 7.57. The maximum absolute atomic E-state index is 17.4. The Morgan fingerprint density at radius 2 is 1.98 bits per heavy atom. The summed E-state index contributed by atoms with van der Waals surface area (Å²) in [7, 11) is 0. The van der Waals surface area contributed by atoms with Crippen molar-refractivity contribution in [3.8, 4) is 28.6 Å². The molecule has 5 atom stereocenters. The standard InChI is InChI=1S/C38H42F3N5O3/c1-2-22-5-3-6-23-13-26(47)14-27(29(22)23)30-32(40)34-31-35(33(30)41)48-12-9-28-24-8-7-21(16-42-17-24)18-46(28)36(31)44-37(43-34)49-20-38-10-4-11-45(38)19-25(39)15-38/h3,5-6,13-14,21,24-25,28,42,47H,2,4,7-12,15-20H2,1H3/t21?,24?,25-,28?,38+/m1/s1. The number of aromatic nitrogens is 2. The zero-order chi connectivity index (χ0) is 33.4. The second-order valence-corrected chi connectivity index (χ2v) is 14.8. The summed E-state index contributed by atoms with van der Waals surface area (Å²) in [4.78, 5) is 14.0. The Labute approximate surface area is 283 Å². The van der Waals surface area contributed by atoms with Crippen molar-refractivity contribution in [2.45, 2.75) is 69.6 Å². The van der Waals surface area contributed by atoms with Crippen LogP contribution in [-0.2, 0) is 6.42 Å². The first kappa shape index (κ1) is 31.2. The lowest BCUT2D eigenvalue weighted by Crippen LogP contribution is -2.49. The SMILES string of the molecule is CCc1cccc2cc(O)cc(-c3c(F)c4c5c(nc(OC[C@@]67CCCN6C[C@H](F)C7)nc5c3F)N3CC5CCC(CNC5)C3CCO4)c12. The smallest absolute Gasteiger partial charge is 0.319 e. The molecule has 2 N–H and O–H groups in total. The molecule has 1 aromatic heterocycles. The van der Waals surface area contributed by atoms with E-state index in [0.29, 0.717) is 60.8 Å². The van der Waals surface area contributed by atoms with Crippen LogP contribution in [0.1, 0.15) is 51.0 Å². The number of hydrogen-bond acceptors (Lipinski definition) is 8. The molecule has 0 spiro atoms. The molecule has 0 radical (unpaired) electrons. The number of fused-ring (bicyclic) bond motifs is 8. The van der Waals surface area contributed by atoms with Gasteiger partial charge in [-0.05, 0) is 97.6 Å². The van der Waals surface area contributed by atoms with Crippen molar-refractivity contribution in [1.82, 2.24) is 20.2 Å². The van der Waals surface area contributed by atoms with E-state index in [-0.39, 0.29) is 58.8 Å². The molecular formula is C38H42F3N5O3. The third kappa shape index (κ3) is 5.01. The number of nitrogens with one attached hydrogen (secondary N) is 1. The Morgan fingerprint density at radius 1 is 1.08 bits per heavy atom. The molecule has 5 aliphatic rings. The molecule has 4 aromatic rings. The minimum Gasteiger partial charge on any atom is -0.508 e. The number of ether oxygens (including phenoxy) is 2. The molecule has 11 heteroatoms. The zero-order valence-electron chi connectivity index (χ0n) is 27.8. The van der Waals surface area contributed by atoms with Gasteiger partial charge in [0.25, 0.3) is 0 Å². The molecule has 8 nitrogen and oxygen atoms in total. The van der Waals surface area contributed by atoms with Crippen LogP contribution in [0.3, 0.4) is 0 Å². The van der Waals surface area contributed by atoms with Gasteiger partial charge in [0.2, 0.25) is 0 Å². The van der Waals surface area contributed by atoms with Gasteiger partial charge in [0.1, 0.15) is 29.9 Å². The van der Waals surface area contributed by atoms with Gasteiger partial charge < -0.3 is 24.8 Å². The molecule has 2 bridgehead atoms. The van der Waals surface area contributed by atoms with Gasteiger partial charge in [0, 0.05) is 32.0 Å². The highest BCUT2D eigenvalue weighted by atomic mass is 19.1. The summed E-state index contributed by atoms with van der Waals surface area (Å²) in [5.74, 6) is -0.782. The number of nitrogens with zero attached hydrogens (tertiary/aromatic N) is 4. The normalized spacial score (nSPS) is 28.1. The van der Waals surface area contributed by atoms with Gasteiger partial charge in [-0.1, -0.05) is 25.1 Å². The van der Waals surface area contributed by atoms with Crippen LogP contribution in [0.2, 0.25) is 0 Å². The average molecular weight is 674 g/mol. The number of aryl methyl sites for hydroxylation is 1. The summed E-state index contributed by atoms with van der Waals surface area (Å²) in [6.07, 6.45) is 4.62. The quantitative estimate of drug-likeness (QED) is 0.247. The number of benzene rings is 3. The van der Waals surface area contributed by atoms with Crippen LogP contribution < -0.4 is 19.7 Å². The second kappa shape index (κ2) is 11.9. The van der Waals surface area contributed by atoms with Crippen LogP contribution in [0.4, 0.5) is 19.0 Å². The van der Waals surface area contributed by atoms with E-state index >= 15 is 8.78 Å². The fourth-order valence-electron chi connectivity index (χ4n) is 9.70. The molecule has 4 fully saturated rings. The molecule has 3 aromatic carbocycles. The van der Waals surface area contributed by atoms with Crippen LogP contribution in [0.25, 0.3) is 32.8 Å². The van der Waals surface area contributed by atoms with Gasteiger partial charge in [0.05, 0.1) is 23.1 Å². The molecule has 9 rings (SSSR count). The molecule has 3 unspecified atom stereocenters. The first-order valence-electron chi connectivity index (χ1n) is 17.9. The number of aromatic hydroxyl groups is 1. The van der Waals surface area contributed by atoms with E-state index in [1.165, 1.54) is 6.07 Å². The van der Waals surface area contributed by atoms with E-state index in [1.54, 1.807) is 6.07 Å². The van der Waals surface area contributed by atoms with Crippen molar-refractivity contribution in [3.63, 3.8) is 0 Å². The van der Waals surface area contributed by atoms with Crippen molar-refractivity contribution in [3.05, 3.63) is 47.5 Å². The molecule has 0 aliphatic carbocycles.